The van der Waals surface area contributed by atoms with E-state index in [9.17, 15) is 19.3 Å². The first-order chi connectivity index (χ1) is 7.93. The van der Waals surface area contributed by atoms with Crippen LogP contribution in [0.5, 0.6) is 0 Å². The summed E-state index contributed by atoms with van der Waals surface area (Å²) < 4.78 is 18.3. The van der Waals surface area contributed by atoms with E-state index in [1.54, 1.807) is 0 Å². The lowest BCUT2D eigenvalue weighted by Gasteiger charge is -2.08. The van der Waals surface area contributed by atoms with Crippen molar-refractivity contribution in [1.29, 1.82) is 0 Å². The summed E-state index contributed by atoms with van der Waals surface area (Å²) in [7, 11) is 0. The number of carbonyl (C=O) groups is 1. The third kappa shape index (κ3) is 3.22. The second kappa shape index (κ2) is 5.35. The topological polar surface area (TPSA) is 89.7 Å². The lowest BCUT2D eigenvalue weighted by atomic mass is 10.2. The maximum Gasteiger partial charge on any atom is 0.332 e. The molecule has 0 saturated carbocycles. The van der Waals surface area contributed by atoms with Gasteiger partial charge in [0.05, 0.1) is 11.5 Å². The average Bonchev–Trinajstić information content (AvgIpc) is 2.26. The van der Waals surface area contributed by atoms with Crippen LogP contribution in [0.15, 0.2) is 18.2 Å². The number of aliphatic carboxylic acids is 1. The summed E-state index contributed by atoms with van der Waals surface area (Å²) in [5, 5.41) is 19.0. The Kier molecular flexibility index (Phi) is 4.11. The monoisotopic (exact) mass is 243 g/mol. The van der Waals surface area contributed by atoms with E-state index in [0.717, 1.165) is 6.07 Å². The first-order valence-corrected chi connectivity index (χ1v) is 4.69. The molecule has 0 saturated heterocycles. The molecule has 6 nitrogen and oxygen atoms in total. The van der Waals surface area contributed by atoms with Crippen molar-refractivity contribution >= 4 is 11.7 Å². The molecule has 0 aliphatic carbocycles. The molecule has 0 bridgehead atoms. The number of ether oxygens (including phenoxy) is 1. The number of halogens is 1. The predicted octanol–water partition coefficient (Wildman–Crippen LogP) is 1.72. The van der Waals surface area contributed by atoms with Gasteiger partial charge in [0.2, 0.25) is 5.82 Å². The molecule has 92 valence electrons. The average molecular weight is 243 g/mol. The van der Waals surface area contributed by atoms with Gasteiger partial charge in [-0.15, -0.1) is 0 Å². The summed E-state index contributed by atoms with van der Waals surface area (Å²) in [4.78, 5) is 20.1. The van der Waals surface area contributed by atoms with E-state index < -0.39 is 28.5 Å². The van der Waals surface area contributed by atoms with Crippen molar-refractivity contribution in [2.45, 2.75) is 19.6 Å². The van der Waals surface area contributed by atoms with Crippen molar-refractivity contribution in [3.8, 4) is 0 Å². The maximum atomic E-state index is 13.5. The largest absolute Gasteiger partial charge is 0.479 e. The lowest BCUT2D eigenvalue weighted by molar-refractivity contribution is -0.387. The Morgan fingerprint density at radius 3 is 2.82 bits per heavy atom. The molecule has 0 aromatic heterocycles. The molecule has 0 aliphatic rings. The van der Waals surface area contributed by atoms with Crippen LogP contribution >= 0.6 is 0 Å². The van der Waals surface area contributed by atoms with Gasteiger partial charge < -0.3 is 9.84 Å². The van der Waals surface area contributed by atoms with Gasteiger partial charge in [-0.3, -0.25) is 10.1 Å². The van der Waals surface area contributed by atoms with Gasteiger partial charge >= 0.3 is 11.7 Å². The summed E-state index contributed by atoms with van der Waals surface area (Å²) in [6.07, 6.45) is -1.10. The quantitative estimate of drug-likeness (QED) is 0.628. The van der Waals surface area contributed by atoms with Crippen molar-refractivity contribution in [2.75, 3.05) is 0 Å². The molecule has 17 heavy (non-hydrogen) atoms. The van der Waals surface area contributed by atoms with Crippen molar-refractivity contribution in [2.24, 2.45) is 0 Å². The minimum absolute atomic E-state index is 0.0488. The highest BCUT2D eigenvalue weighted by molar-refractivity contribution is 5.71. The molecule has 1 atom stereocenters. The Morgan fingerprint density at radius 2 is 2.29 bits per heavy atom. The van der Waals surface area contributed by atoms with Crippen LogP contribution in [0, 0.1) is 15.9 Å². The van der Waals surface area contributed by atoms with Crippen molar-refractivity contribution in [3.63, 3.8) is 0 Å². The van der Waals surface area contributed by atoms with Crippen molar-refractivity contribution in [3.05, 3.63) is 39.7 Å². The Bertz CT molecular complexity index is 448. The summed E-state index contributed by atoms with van der Waals surface area (Å²) >= 11 is 0. The van der Waals surface area contributed by atoms with Crippen LogP contribution in [0.1, 0.15) is 12.5 Å². The molecule has 0 fully saturated rings. The molecule has 0 amide bonds. The first-order valence-electron chi connectivity index (χ1n) is 4.69. The zero-order chi connectivity index (χ0) is 13.0. The molecule has 0 aliphatic heterocycles. The summed E-state index contributed by atoms with van der Waals surface area (Å²) in [6.45, 7) is 0.957. The highest BCUT2D eigenvalue weighted by Gasteiger charge is 2.18. The van der Waals surface area contributed by atoms with Crippen LogP contribution in [0.3, 0.4) is 0 Å². The normalized spacial score (nSPS) is 12.1. The summed E-state index contributed by atoms with van der Waals surface area (Å²) in [5.74, 6) is -2.19. The number of hydrogen-bond donors (Lipinski definition) is 1. The molecule has 0 heterocycles. The number of carboxylic acid groups (broad SMARTS) is 1. The zero-order valence-corrected chi connectivity index (χ0v) is 8.92. The number of carboxylic acids is 1. The lowest BCUT2D eigenvalue weighted by Crippen LogP contribution is -2.19. The molecular weight excluding hydrogens is 233 g/mol. The fourth-order valence-electron chi connectivity index (χ4n) is 1.10. The second-order valence-electron chi connectivity index (χ2n) is 3.30. The molecule has 1 aromatic rings. The predicted molar refractivity (Wildman–Crippen MR) is 54.9 cm³/mol. The van der Waals surface area contributed by atoms with E-state index in [1.165, 1.54) is 19.1 Å². The number of hydrogen-bond acceptors (Lipinski definition) is 4. The molecule has 1 N–H and O–H groups in total. The third-order valence-electron chi connectivity index (χ3n) is 2.09. The molecule has 0 spiro atoms. The number of rotatable bonds is 5. The van der Waals surface area contributed by atoms with Gasteiger partial charge in [-0.05, 0) is 6.92 Å². The van der Waals surface area contributed by atoms with Crippen molar-refractivity contribution < 1.29 is 24.0 Å². The van der Waals surface area contributed by atoms with Crippen LogP contribution in [-0.4, -0.2) is 22.1 Å². The Balaban J connectivity index is 2.82. The molecule has 0 radical (unpaired) electrons. The number of nitro groups is 1. The third-order valence-corrected chi connectivity index (χ3v) is 2.09. The molecule has 1 rings (SSSR count). The van der Waals surface area contributed by atoms with Gasteiger partial charge in [-0.2, -0.15) is 4.39 Å². The number of nitrogens with zero attached hydrogens (tertiary/aromatic N) is 1. The SMILES string of the molecule is C[C@@H](OCc1cccc([N+](=O)[O-])c1F)C(=O)O. The molecule has 7 heteroatoms. The molecule has 1 aromatic carbocycles. The fourth-order valence-corrected chi connectivity index (χ4v) is 1.10. The van der Waals surface area contributed by atoms with E-state index in [2.05, 4.69) is 0 Å². The van der Waals surface area contributed by atoms with Crippen molar-refractivity contribution in [1.82, 2.24) is 0 Å². The number of benzene rings is 1. The van der Waals surface area contributed by atoms with Crippen LogP contribution < -0.4 is 0 Å². The Hall–Kier alpha value is -2.02. The maximum absolute atomic E-state index is 13.5. The molecular formula is C10H10FNO5. The highest BCUT2D eigenvalue weighted by atomic mass is 19.1. The fraction of sp³-hybridized carbons (Fsp3) is 0.300. The Morgan fingerprint density at radius 1 is 1.65 bits per heavy atom. The highest BCUT2D eigenvalue weighted by Crippen LogP contribution is 2.20. The zero-order valence-electron chi connectivity index (χ0n) is 8.92. The Labute approximate surface area is 95.8 Å². The second-order valence-corrected chi connectivity index (χ2v) is 3.30. The van der Waals surface area contributed by atoms with E-state index in [4.69, 9.17) is 9.84 Å². The summed E-state index contributed by atoms with van der Waals surface area (Å²) in [6, 6.07) is 3.64. The van der Waals surface area contributed by atoms with Gasteiger partial charge in [0, 0.05) is 11.6 Å². The van der Waals surface area contributed by atoms with Gasteiger partial charge in [-0.1, -0.05) is 12.1 Å². The van der Waals surface area contributed by atoms with E-state index in [0.29, 0.717) is 0 Å². The first kappa shape index (κ1) is 13.0. The van der Waals surface area contributed by atoms with E-state index >= 15 is 0 Å². The standard InChI is InChI=1S/C10H10FNO5/c1-6(10(13)14)17-5-7-3-2-4-8(9(7)11)12(15)16/h2-4,6H,5H2,1H3,(H,13,14)/t6-/m1/s1. The summed E-state index contributed by atoms with van der Waals surface area (Å²) in [5.41, 5.74) is -0.707. The minimum Gasteiger partial charge on any atom is -0.479 e. The van der Waals surface area contributed by atoms with Gasteiger partial charge in [0.1, 0.15) is 0 Å². The van der Waals surface area contributed by atoms with Gasteiger partial charge in [0.15, 0.2) is 6.10 Å². The van der Waals surface area contributed by atoms with Gasteiger partial charge in [-0.25, -0.2) is 4.79 Å². The smallest absolute Gasteiger partial charge is 0.332 e. The minimum atomic E-state index is -1.18. The number of nitro benzene ring substituents is 1. The van der Waals surface area contributed by atoms with E-state index in [1.807, 2.05) is 0 Å². The van der Waals surface area contributed by atoms with Crippen LogP contribution in [0.25, 0.3) is 0 Å². The van der Waals surface area contributed by atoms with Crippen LogP contribution in [0.4, 0.5) is 10.1 Å². The molecule has 0 unspecified atom stereocenters. The van der Waals surface area contributed by atoms with E-state index in [-0.39, 0.29) is 12.2 Å². The van der Waals surface area contributed by atoms with Crippen LogP contribution in [-0.2, 0) is 16.1 Å². The van der Waals surface area contributed by atoms with Crippen LogP contribution in [0.2, 0.25) is 0 Å². The van der Waals surface area contributed by atoms with Gasteiger partial charge in [0.25, 0.3) is 0 Å².